The van der Waals surface area contributed by atoms with Gasteiger partial charge < -0.3 is 15.8 Å². The van der Waals surface area contributed by atoms with Crippen molar-refractivity contribution in [1.82, 2.24) is 10.2 Å². The van der Waals surface area contributed by atoms with Crippen molar-refractivity contribution in [2.24, 2.45) is 5.73 Å². The summed E-state index contributed by atoms with van der Waals surface area (Å²) in [4.78, 5) is 27.5. The van der Waals surface area contributed by atoms with Gasteiger partial charge in [0.2, 0.25) is 11.0 Å². The van der Waals surface area contributed by atoms with Gasteiger partial charge in [0.05, 0.1) is 36.1 Å². The number of ketones is 1. The van der Waals surface area contributed by atoms with Crippen molar-refractivity contribution in [2.45, 2.75) is 29.5 Å². The second-order valence-electron chi connectivity index (χ2n) is 8.84. The summed E-state index contributed by atoms with van der Waals surface area (Å²) < 4.78 is 5.80. The Hall–Kier alpha value is -3.56. The van der Waals surface area contributed by atoms with Crippen LogP contribution >= 0.6 is 46.3 Å². The zero-order valence-electron chi connectivity index (χ0n) is 21.1. The number of hydrogen-bond donors (Lipinski definition) is 2. The Morgan fingerprint density at radius 2 is 1.98 bits per heavy atom. The van der Waals surface area contributed by atoms with Crippen LogP contribution in [0, 0.1) is 11.3 Å². The molecular formula is C27H22Cl2N6O3S2. The number of nitrogens with zero attached hydrogens (tertiary/aromatic N) is 4. The van der Waals surface area contributed by atoms with Crippen LogP contribution in [0.2, 0.25) is 10.0 Å². The van der Waals surface area contributed by atoms with Crippen molar-refractivity contribution < 1.29 is 14.3 Å². The number of carbonyl (C=O) groups is 2. The molecule has 2 aromatic carbocycles. The molecule has 13 heteroatoms. The molecule has 1 amide bonds. The highest BCUT2D eigenvalue weighted by Gasteiger charge is 2.42. The molecule has 0 spiro atoms. The summed E-state index contributed by atoms with van der Waals surface area (Å²) >= 11 is 15.5. The molecule has 3 N–H and O–H groups in total. The summed E-state index contributed by atoms with van der Waals surface area (Å²) in [5, 5.41) is 22.6. The molecule has 0 bridgehead atoms. The third kappa shape index (κ3) is 5.28. The van der Waals surface area contributed by atoms with Crippen LogP contribution < -0.4 is 20.7 Å². The van der Waals surface area contributed by atoms with Gasteiger partial charge in [-0.2, -0.15) is 5.26 Å². The van der Waals surface area contributed by atoms with Crippen LogP contribution in [0.3, 0.4) is 0 Å². The van der Waals surface area contributed by atoms with E-state index in [9.17, 15) is 14.9 Å². The van der Waals surface area contributed by atoms with E-state index in [-0.39, 0.29) is 28.8 Å². The zero-order valence-corrected chi connectivity index (χ0v) is 24.3. The number of anilines is 2. The Bertz CT molecular complexity index is 1590. The molecule has 1 aromatic heterocycles. The molecule has 9 nitrogen and oxygen atoms in total. The standard InChI is InChI=1S/C27H22Cl2N6O3S2/c1-38-20-11-3-2-8-17(20)32-21(37)13-39-27-34-33-26(40-27)35-18-9-5-10-19(36)24(18)22(14(12-30)25(35)31)23-15(28)6-4-7-16(23)29/h2-4,6-8,11,22H,5,9-10,13,31H2,1H3,(H,32,37). The number of methoxy groups -OCH3 is 1. The molecule has 1 aliphatic carbocycles. The number of ether oxygens (including phenoxy) is 1. The van der Waals surface area contributed by atoms with E-state index in [1.165, 1.54) is 30.2 Å². The summed E-state index contributed by atoms with van der Waals surface area (Å²) in [6.07, 6.45) is 1.50. The normalized spacial score (nSPS) is 17.0. The largest absolute Gasteiger partial charge is 0.495 e. The van der Waals surface area contributed by atoms with Crippen LogP contribution in [-0.2, 0) is 9.59 Å². The highest BCUT2D eigenvalue weighted by Crippen LogP contribution is 2.49. The zero-order chi connectivity index (χ0) is 28.4. The Labute approximate surface area is 248 Å². The van der Waals surface area contributed by atoms with E-state index in [4.69, 9.17) is 33.7 Å². The molecule has 1 atom stereocenters. The van der Waals surface area contributed by atoms with Gasteiger partial charge in [0.15, 0.2) is 10.1 Å². The number of hydrogen-bond acceptors (Lipinski definition) is 10. The molecule has 0 saturated carbocycles. The third-order valence-corrected chi connectivity index (χ3v) is 9.20. The lowest BCUT2D eigenvalue weighted by Crippen LogP contribution is -2.38. The molecule has 2 aliphatic rings. The molecule has 1 unspecified atom stereocenters. The van der Waals surface area contributed by atoms with E-state index in [0.29, 0.717) is 67.0 Å². The molecule has 3 aromatic rings. The number of para-hydroxylation sites is 2. The lowest BCUT2D eigenvalue weighted by molar-refractivity contribution is -0.116. The van der Waals surface area contributed by atoms with Crippen molar-refractivity contribution in [2.75, 3.05) is 23.1 Å². The lowest BCUT2D eigenvalue weighted by Gasteiger charge is -2.38. The van der Waals surface area contributed by atoms with Crippen LogP contribution in [0.4, 0.5) is 10.8 Å². The number of halogens is 2. The van der Waals surface area contributed by atoms with E-state index in [1.807, 2.05) is 6.07 Å². The minimum atomic E-state index is -0.786. The fourth-order valence-corrected chi connectivity index (χ4v) is 7.09. The second-order valence-corrected chi connectivity index (χ2v) is 11.8. The first-order chi connectivity index (χ1) is 19.3. The van der Waals surface area contributed by atoms with Crippen LogP contribution in [0.15, 0.2) is 69.5 Å². The van der Waals surface area contributed by atoms with Crippen LogP contribution in [-0.4, -0.2) is 34.8 Å². The predicted octanol–water partition coefficient (Wildman–Crippen LogP) is 5.89. The van der Waals surface area contributed by atoms with Crippen molar-refractivity contribution in [3.63, 3.8) is 0 Å². The minimum Gasteiger partial charge on any atom is -0.495 e. The molecule has 2 heterocycles. The number of nitrogens with two attached hydrogens (primary N) is 1. The van der Waals surface area contributed by atoms with Crippen molar-refractivity contribution in [1.29, 1.82) is 5.26 Å². The maximum absolute atomic E-state index is 13.3. The first-order valence-corrected chi connectivity index (χ1v) is 14.7. The summed E-state index contributed by atoms with van der Waals surface area (Å²) in [7, 11) is 1.53. The Morgan fingerprint density at radius 3 is 2.70 bits per heavy atom. The van der Waals surface area contributed by atoms with Gasteiger partial charge in [0, 0.05) is 33.3 Å². The van der Waals surface area contributed by atoms with Crippen LogP contribution in [0.5, 0.6) is 5.75 Å². The number of carbonyl (C=O) groups excluding carboxylic acids is 2. The molecule has 0 fully saturated rings. The van der Waals surface area contributed by atoms with E-state index in [0.717, 1.165) is 0 Å². The summed E-state index contributed by atoms with van der Waals surface area (Å²) in [6.45, 7) is 0. The van der Waals surface area contributed by atoms with E-state index >= 15 is 0 Å². The molecular weight excluding hydrogens is 591 g/mol. The second kappa shape index (κ2) is 11.9. The predicted molar refractivity (Wildman–Crippen MR) is 157 cm³/mol. The first kappa shape index (κ1) is 28.0. The number of benzene rings is 2. The van der Waals surface area contributed by atoms with Gasteiger partial charge >= 0.3 is 0 Å². The van der Waals surface area contributed by atoms with Crippen molar-refractivity contribution in [3.05, 3.63) is 80.7 Å². The quantitative estimate of drug-likeness (QED) is 0.313. The van der Waals surface area contributed by atoms with Crippen LogP contribution in [0.25, 0.3) is 0 Å². The number of nitrogens with one attached hydrogen (secondary N) is 1. The minimum absolute atomic E-state index is 0.0843. The van der Waals surface area contributed by atoms with Gasteiger partial charge in [-0.1, -0.05) is 64.5 Å². The Kier molecular flexibility index (Phi) is 8.32. The van der Waals surface area contributed by atoms with Gasteiger partial charge in [0.25, 0.3) is 0 Å². The molecule has 204 valence electrons. The number of amides is 1. The lowest BCUT2D eigenvalue weighted by atomic mass is 9.75. The summed E-state index contributed by atoms with van der Waals surface area (Å²) in [6, 6.07) is 14.4. The maximum Gasteiger partial charge on any atom is 0.234 e. The SMILES string of the molecule is COc1ccccc1NC(=O)CSc1nnc(N2C(N)=C(C#N)C(c3c(Cl)cccc3Cl)C3=C2CCCC3=O)s1. The van der Waals surface area contributed by atoms with Gasteiger partial charge in [-0.25, -0.2) is 0 Å². The Balaban J connectivity index is 1.44. The van der Waals surface area contributed by atoms with Crippen molar-refractivity contribution >= 4 is 68.8 Å². The number of rotatable bonds is 7. The van der Waals surface area contributed by atoms with Crippen molar-refractivity contribution in [3.8, 4) is 11.8 Å². The highest BCUT2D eigenvalue weighted by atomic mass is 35.5. The molecule has 0 saturated heterocycles. The molecule has 40 heavy (non-hydrogen) atoms. The average Bonchev–Trinajstić information content (AvgIpc) is 3.40. The fraction of sp³-hybridized carbons (Fsp3) is 0.222. The van der Waals surface area contributed by atoms with Gasteiger partial charge in [-0.3, -0.25) is 14.5 Å². The van der Waals surface area contributed by atoms with Gasteiger partial charge in [0.1, 0.15) is 11.6 Å². The monoisotopic (exact) mass is 612 g/mol. The smallest absolute Gasteiger partial charge is 0.234 e. The molecule has 0 radical (unpaired) electrons. The van der Waals surface area contributed by atoms with E-state index in [2.05, 4.69) is 21.6 Å². The van der Waals surface area contributed by atoms with Crippen LogP contribution in [0.1, 0.15) is 30.7 Å². The summed E-state index contributed by atoms with van der Waals surface area (Å²) in [5.41, 5.74) is 8.88. The number of allylic oxidation sites excluding steroid dienone is 3. The molecule has 1 aliphatic heterocycles. The number of aromatic nitrogens is 2. The number of thioether (sulfide) groups is 1. The van der Waals surface area contributed by atoms with Gasteiger partial charge in [-0.05, 0) is 37.1 Å². The van der Waals surface area contributed by atoms with Gasteiger partial charge in [-0.15, -0.1) is 10.2 Å². The first-order valence-electron chi connectivity index (χ1n) is 12.1. The Morgan fingerprint density at radius 1 is 1.23 bits per heavy atom. The highest BCUT2D eigenvalue weighted by molar-refractivity contribution is 8.01. The average molecular weight is 614 g/mol. The number of nitriles is 1. The van der Waals surface area contributed by atoms with E-state index < -0.39 is 5.92 Å². The topological polar surface area (TPSA) is 134 Å². The molecule has 5 rings (SSSR count). The summed E-state index contributed by atoms with van der Waals surface area (Å²) in [5.74, 6) is -0.343. The third-order valence-electron chi connectivity index (χ3n) is 6.50. The number of Topliss-reactive ketones (excluding diaryl/α,β-unsaturated/α-hetero) is 1. The van der Waals surface area contributed by atoms with E-state index in [1.54, 1.807) is 41.3 Å². The fourth-order valence-electron chi connectivity index (χ4n) is 4.79. The maximum atomic E-state index is 13.3.